The van der Waals surface area contributed by atoms with E-state index in [0.717, 1.165) is 58.4 Å². The number of guanidine groups is 1. The Kier molecular flexibility index (Phi) is 9.23. The number of hydrogen-bond acceptors (Lipinski definition) is 4. The molecule has 1 saturated carbocycles. The highest BCUT2D eigenvalue weighted by Crippen LogP contribution is 2.33. The van der Waals surface area contributed by atoms with E-state index in [1.165, 1.54) is 38.5 Å². The molecule has 0 aromatic rings. The van der Waals surface area contributed by atoms with Crippen LogP contribution in [0.5, 0.6) is 0 Å². The molecule has 0 amide bonds. The molecule has 2 saturated heterocycles. The van der Waals surface area contributed by atoms with Gasteiger partial charge in [-0.15, -0.1) is 24.0 Å². The number of aliphatic imine (C=N–C) groups is 1. The minimum Gasteiger partial charge on any atom is -0.379 e. The van der Waals surface area contributed by atoms with Gasteiger partial charge in [0.15, 0.2) is 5.96 Å². The highest BCUT2D eigenvalue weighted by Gasteiger charge is 2.38. The summed E-state index contributed by atoms with van der Waals surface area (Å²) in [6.45, 7) is 6.58. The lowest BCUT2D eigenvalue weighted by Gasteiger charge is -2.48. The van der Waals surface area contributed by atoms with Crippen molar-refractivity contribution in [3.8, 4) is 0 Å². The molecule has 146 valence electrons. The van der Waals surface area contributed by atoms with Crippen molar-refractivity contribution in [1.82, 2.24) is 15.5 Å². The van der Waals surface area contributed by atoms with Gasteiger partial charge in [0, 0.05) is 45.4 Å². The zero-order valence-electron chi connectivity index (χ0n) is 15.6. The monoisotopic (exact) mass is 466 g/mol. The Labute approximate surface area is 169 Å². The number of hydrogen-bond donors (Lipinski definition) is 2. The van der Waals surface area contributed by atoms with Gasteiger partial charge in [-0.1, -0.05) is 19.3 Å². The van der Waals surface area contributed by atoms with Crippen LogP contribution in [0.25, 0.3) is 0 Å². The van der Waals surface area contributed by atoms with Crippen molar-refractivity contribution in [3.05, 3.63) is 0 Å². The maximum Gasteiger partial charge on any atom is 0.191 e. The Bertz CT molecular complexity index is 404. The second-order valence-electron chi connectivity index (χ2n) is 7.33. The van der Waals surface area contributed by atoms with Gasteiger partial charge in [-0.3, -0.25) is 9.89 Å². The number of rotatable bonds is 5. The molecule has 0 aromatic carbocycles. The van der Waals surface area contributed by atoms with Gasteiger partial charge >= 0.3 is 0 Å². The van der Waals surface area contributed by atoms with Crippen LogP contribution in [0.2, 0.25) is 0 Å². The summed E-state index contributed by atoms with van der Waals surface area (Å²) in [4.78, 5) is 7.07. The SMILES string of the molecule is CN=C(NCC1CCCO1)NCC1(N2CCOCC2)CCCCC1.I. The quantitative estimate of drug-likeness (QED) is 0.369. The van der Waals surface area contributed by atoms with E-state index in [2.05, 4.69) is 20.5 Å². The number of morpholine rings is 1. The van der Waals surface area contributed by atoms with Gasteiger partial charge < -0.3 is 20.1 Å². The van der Waals surface area contributed by atoms with Crippen LogP contribution < -0.4 is 10.6 Å². The standard InChI is InChI=1S/C18H34N4O2.HI/c1-19-17(20-14-16-6-5-11-24-16)21-15-18(7-3-2-4-8-18)22-9-12-23-13-10-22;/h16H,2-15H2,1H3,(H2,19,20,21);1H. The van der Waals surface area contributed by atoms with Crippen molar-refractivity contribution in [2.24, 2.45) is 4.99 Å². The molecule has 0 aromatic heterocycles. The van der Waals surface area contributed by atoms with Gasteiger partial charge in [0.1, 0.15) is 0 Å². The van der Waals surface area contributed by atoms with E-state index in [0.29, 0.717) is 6.10 Å². The first kappa shape index (κ1) is 21.2. The summed E-state index contributed by atoms with van der Waals surface area (Å²) in [6.07, 6.45) is 9.28. The summed E-state index contributed by atoms with van der Waals surface area (Å²) in [7, 11) is 1.85. The maximum absolute atomic E-state index is 5.69. The van der Waals surface area contributed by atoms with Crippen LogP contribution in [0.4, 0.5) is 0 Å². The number of ether oxygens (including phenoxy) is 2. The van der Waals surface area contributed by atoms with Crippen LogP contribution in [0.15, 0.2) is 4.99 Å². The fourth-order valence-corrected chi connectivity index (χ4v) is 4.34. The molecule has 3 fully saturated rings. The minimum absolute atomic E-state index is 0. The highest BCUT2D eigenvalue weighted by molar-refractivity contribution is 14.0. The van der Waals surface area contributed by atoms with E-state index in [1.807, 2.05) is 7.05 Å². The normalized spacial score (nSPS) is 27.6. The molecular weight excluding hydrogens is 431 g/mol. The van der Waals surface area contributed by atoms with E-state index >= 15 is 0 Å². The second kappa shape index (κ2) is 10.9. The summed E-state index contributed by atoms with van der Waals surface area (Å²) in [5.41, 5.74) is 0.267. The fourth-order valence-electron chi connectivity index (χ4n) is 4.34. The fraction of sp³-hybridized carbons (Fsp3) is 0.944. The Morgan fingerprint density at radius 1 is 1.08 bits per heavy atom. The third kappa shape index (κ3) is 5.94. The lowest BCUT2D eigenvalue weighted by molar-refractivity contribution is -0.0352. The number of halogens is 1. The molecule has 2 N–H and O–H groups in total. The average Bonchev–Trinajstić information content (AvgIpc) is 3.17. The van der Waals surface area contributed by atoms with E-state index < -0.39 is 0 Å². The number of nitrogens with one attached hydrogen (secondary N) is 2. The summed E-state index contributed by atoms with van der Waals surface area (Å²) < 4.78 is 11.3. The third-order valence-corrected chi connectivity index (χ3v) is 5.80. The maximum atomic E-state index is 5.69. The van der Waals surface area contributed by atoms with Crippen molar-refractivity contribution < 1.29 is 9.47 Å². The largest absolute Gasteiger partial charge is 0.379 e. The van der Waals surface area contributed by atoms with Crippen molar-refractivity contribution in [1.29, 1.82) is 0 Å². The molecule has 0 radical (unpaired) electrons. The van der Waals surface area contributed by atoms with E-state index in [-0.39, 0.29) is 29.5 Å². The third-order valence-electron chi connectivity index (χ3n) is 5.80. The predicted octanol–water partition coefficient (Wildman–Crippen LogP) is 1.98. The van der Waals surface area contributed by atoms with Gasteiger partial charge in [0.25, 0.3) is 0 Å². The molecule has 2 aliphatic heterocycles. The van der Waals surface area contributed by atoms with Crippen LogP contribution in [0.3, 0.4) is 0 Å². The Hall–Kier alpha value is -0.120. The molecule has 0 bridgehead atoms. The first-order valence-corrected chi connectivity index (χ1v) is 9.71. The lowest BCUT2D eigenvalue weighted by Crippen LogP contribution is -2.60. The van der Waals surface area contributed by atoms with Gasteiger partial charge in [0.05, 0.1) is 19.3 Å². The lowest BCUT2D eigenvalue weighted by atomic mass is 9.80. The highest BCUT2D eigenvalue weighted by atomic mass is 127. The summed E-state index contributed by atoms with van der Waals surface area (Å²) >= 11 is 0. The molecule has 1 atom stereocenters. The smallest absolute Gasteiger partial charge is 0.191 e. The topological polar surface area (TPSA) is 58.1 Å². The summed E-state index contributed by atoms with van der Waals surface area (Å²) in [5.74, 6) is 0.906. The molecule has 25 heavy (non-hydrogen) atoms. The molecule has 1 unspecified atom stereocenters. The Morgan fingerprint density at radius 2 is 1.84 bits per heavy atom. The molecule has 0 spiro atoms. The van der Waals surface area contributed by atoms with Crippen molar-refractivity contribution in [2.75, 3.05) is 53.0 Å². The predicted molar refractivity (Wildman–Crippen MR) is 112 cm³/mol. The average molecular weight is 466 g/mol. The Morgan fingerprint density at radius 3 is 2.48 bits per heavy atom. The molecule has 3 rings (SSSR count). The molecule has 3 aliphatic rings. The molecule has 7 heteroatoms. The summed E-state index contributed by atoms with van der Waals surface area (Å²) in [5, 5.41) is 7.04. The molecule has 2 heterocycles. The van der Waals surface area contributed by atoms with Crippen LogP contribution in [0, 0.1) is 0 Å². The molecule has 6 nitrogen and oxygen atoms in total. The van der Waals surface area contributed by atoms with Crippen LogP contribution in [0.1, 0.15) is 44.9 Å². The van der Waals surface area contributed by atoms with E-state index in [4.69, 9.17) is 9.47 Å². The zero-order chi connectivity index (χ0) is 16.7. The molecule has 1 aliphatic carbocycles. The van der Waals surface area contributed by atoms with Gasteiger partial charge in [-0.25, -0.2) is 0 Å². The summed E-state index contributed by atoms with van der Waals surface area (Å²) in [6, 6.07) is 0. The Balaban J connectivity index is 0.00000225. The second-order valence-corrected chi connectivity index (χ2v) is 7.33. The van der Waals surface area contributed by atoms with Gasteiger partial charge in [-0.05, 0) is 25.7 Å². The minimum atomic E-state index is 0. The first-order chi connectivity index (χ1) is 11.8. The van der Waals surface area contributed by atoms with Crippen molar-refractivity contribution in [3.63, 3.8) is 0 Å². The van der Waals surface area contributed by atoms with Crippen LogP contribution in [-0.4, -0.2) is 75.5 Å². The van der Waals surface area contributed by atoms with E-state index in [1.54, 1.807) is 0 Å². The van der Waals surface area contributed by atoms with E-state index in [9.17, 15) is 0 Å². The number of nitrogens with zero attached hydrogens (tertiary/aromatic N) is 2. The zero-order valence-corrected chi connectivity index (χ0v) is 17.9. The van der Waals surface area contributed by atoms with Gasteiger partial charge in [-0.2, -0.15) is 0 Å². The first-order valence-electron chi connectivity index (χ1n) is 9.71. The van der Waals surface area contributed by atoms with Crippen molar-refractivity contribution >= 4 is 29.9 Å². The van der Waals surface area contributed by atoms with Gasteiger partial charge in [0.2, 0.25) is 0 Å². The van der Waals surface area contributed by atoms with Crippen LogP contribution >= 0.6 is 24.0 Å². The molecular formula is C18H35IN4O2. The van der Waals surface area contributed by atoms with Crippen molar-refractivity contribution in [2.45, 2.75) is 56.6 Å². The van der Waals surface area contributed by atoms with Crippen LogP contribution in [-0.2, 0) is 9.47 Å².